The molecule has 0 radical (unpaired) electrons. The fraction of sp³-hybridized carbons (Fsp3) is 0.333. The van der Waals surface area contributed by atoms with Crippen molar-refractivity contribution in [2.75, 3.05) is 5.33 Å². The molecule has 0 aliphatic carbocycles. The molecule has 6 heteroatoms. The first-order chi connectivity index (χ1) is 13.0. The van der Waals surface area contributed by atoms with Crippen LogP contribution in [0.4, 0.5) is 0 Å². The second-order valence-electron chi connectivity index (χ2n) is 7.06. The molecule has 4 nitrogen and oxygen atoms in total. The molecule has 2 heterocycles. The lowest BCUT2D eigenvalue weighted by Crippen LogP contribution is -2.58. The van der Waals surface area contributed by atoms with Crippen LogP contribution in [0.25, 0.3) is 0 Å². The van der Waals surface area contributed by atoms with Crippen molar-refractivity contribution < 1.29 is 14.3 Å². The summed E-state index contributed by atoms with van der Waals surface area (Å²) < 4.78 is 5.64. The Balaban J connectivity index is 1.65. The first-order valence-electron chi connectivity index (χ1n) is 8.89. The zero-order valence-electron chi connectivity index (χ0n) is 14.9. The molecular weight excluding hydrogens is 426 g/mol. The number of benzene rings is 2. The van der Waals surface area contributed by atoms with Gasteiger partial charge in [0, 0.05) is 5.33 Å². The number of hydrogen-bond donors (Lipinski definition) is 0. The number of thioether (sulfide) groups is 1. The van der Waals surface area contributed by atoms with Crippen LogP contribution in [0.1, 0.15) is 30.6 Å². The first-order valence-corrected chi connectivity index (χ1v) is 10.9. The standard InChI is InChI=1S/C21H20BrNO3S/c1-21(13-22)19(23-16(24)12-17(23)27-21)20(25)26-18(14-8-4-2-5-9-14)15-10-6-3-7-11-15/h2-11,17-19H,12-13H2,1H3/t17-,19+,21+/m1/s1. The van der Waals surface area contributed by atoms with Crippen LogP contribution in [0.3, 0.4) is 0 Å². The normalized spacial score (nSPS) is 26.6. The number of ether oxygens (including phenoxy) is 1. The maximum atomic E-state index is 13.3. The lowest BCUT2D eigenvalue weighted by molar-refractivity contribution is -0.164. The number of carbonyl (C=O) groups excluding carboxylic acids is 2. The number of amides is 1. The van der Waals surface area contributed by atoms with Gasteiger partial charge in [-0.05, 0) is 18.1 Å². The third-order valence-corrected chi connectivity index (χ3v) is 8.24. The molecule has 0 spiro atoms. The molecule has 2 aromatic carbocycles. The van der Waals surface area contributed by atoms with Crippen molar-refractivity contribution in [2.45, 2.75) is 35.6 Å². The van der Waals surface area contributed by atoms with Crippen LogP contribution in [0, 0.1) is 0 Å². The van der Waals surface area contributed by atoms with Gasteiger partial charge in [-0.2, -0.15) is 0 Å². The Morgan fingerprint density at radius 2 is 1.74 bits per heavy atom. The summed E-state index contributed by atoms with van der Waals surface area (Å²) in [6, 6.07) is 18.8. The zero-order chi connectivity index (χ0) is 19.0. The molecule has 2 aromatic rings. The summed E-state index contributed by atoms with van der Waals surface area (Å²) in [5, 5.41) is 0.691. The average Bonchev–Trinajstić information content (AvgIpc) is 2.95. The number of rotatable bonds is 5. The number of esters is 1. The molecule has 4 rings (SSSR count). The van der Waals surface area contributed by atoms with Gasteiger partial charge in [-0.1, -0.05) is 76.6 Å². The zero-order valence-corrected chi connectivity index (χ0v) is 17.3. The van der Waals surface area contributed by atoms with Crippen LogP contribution in [0.5, 0.6) is 0 Å². The van der Waals surface area contributed by atoms with E-state index in [-0.39, 0.29) is 17.3 Å². The first kappa shape index (κ1) is 18.6. The molecule has 2 aliphatic rings. The quantitative estimate of drug-likeness (QED) is 0.394. The molecule has 27 heavy (non-hydrogen) atoms. The van der Waals surface area contributed by atoms with Crippen LogP contribution in [0.2, 0.25) is 0 Å². The van der Waals surface area contributed by atoms with E-state index in [0.29, 0.717) is 11.8 Å². The Hall–Kier alpha value is -1.79. The van der Waals surface area contributed by atoms with Gasteiger partial charge in [-0.15, -0.1) is 11.8 Å². The summed E-state index contributed by atoms with van der Waals surface area (Å²) in [4.78, 5) is 27.1. The van der Waals surface area contributed by atoms with E-state index in [0.717, 1.165) is 11.1 Å². The van der Waals surface area contributed by atoms with Crippen molar-refractivity contribution in [1.29, 1.82) is 0 Å². The van der Waals surface area contributed by atoms with Gasteiger partial charge in [-0.25, -0.2) is 4.79 Å². The predicted octanol–water partition coefficient (Wildman–Crippen LogP) is 4.15. The number of hydrogen-bond acceptors (Lipinski definition) is 4. The van der Waals surface area contributed by atoms with E-state index in [1.807, 2.05) is 67.6 Å². The predicted molar refractivity (Wildman–Crippen MR) is 110 cm³/mol. The lowest BCUT2D eigenvalue weighted by atomic mass is 9.97. The number of carbonyl (C=O) groups is 2. The Bertz CT molecular complexity index is 808. The van der Waals surface area contributed by atoms with Crippen molar-refractivity contribution >= 4 is 39.6 Å². The second-order valence-corrected chi connectivity index (χ2v) is 9.34. The van der Waals surface area contributed by atoms with Crippen molar-refractivity contribution in [3.05, 3.63) is 71.8 Å². The van der Waals surface area contributed by atoms with Gasteiger partial charge < -0.3 is 9.64 Å². The molecule has 0 unspecified atom stereocenters. The molecular formula is C21H20BrNO3S. The number of fused-ring (bicyclic) bond motifs is 1. The Morgan fingerprint density at radius 1 is 1.19 bits per heavy atom. The van der Waals surface area contributed by atoms with Gasteiger partial charge in [0.1, 0.15) is 6.04 Å². The van der Waals surface area contributed by atoms with E-state index < -0.39 is 16.9 Å². The van der Waals surface area contributed by atoms with Gasteiger partial charge in [0.25, 0.3) is 0 Å². The summed E-state index contributed by atoms with van der Waals surface area (Å²) in [6.07, 6.45) is -0.00224. The van der Waals surface area contributed by atoms with Crippen molar-refractivity contribution in [3.63, 3.8) is 0 Å². The van der Waals surface area contributed by atoms with Gasteiger partial charge in [-0.3, -0.25) is 4.79 Å². The van der Waals surface area contributed by atoms with Crippen LogP contribution in [-0.2, 0) is 14.3 Å². The number of halogens is 1. The van der Waals surface area contributed by atoms with Crippen LogP contribution >= 0.6 is 27.7 Å². The fourth-order valence-electron chi connectivity index (χ4n) is 3.71. The van der Waals surface area contributed by atoms with E-state index in [9.17, 15) is 9.59 Å². The topological polar surface area (TPSA) is 46.6 Å². The van der Waals surface area contributed by atoms with Crippen LogP contribution in [0.15, 0.2) is 60.7 Å². The largest absolute Gasteiger partial charge is 0.451 e. The Kier molecular flexibility index (Phi) is 5.03. The highest BCUT2D eigenvalue weighted by Crippen LogP contribution is 2.52. The minimum atomic E-state index is -0.581. The molecule has 0 aromatic heterocycles. The number of alkyl halides is 1. The van der Waals surface area contributed by atoms with E-state index in [1.54, 1.807) is 16.7 Å². The molecule has 2 aliphatic heterocycles. The summed E-state index contributed by atoms with van der Waals surface area (Å²) in [6.45, 7) is 2.02. The van der Waals surface area contributed by atoms with Crippen molar-refractivity contribution in [2.24, 2.45) is 0 Å². The minimum Gasteiger partial charge on any atom is -0.451 e. The highest BCUT2D eigenvalue weighted by molar-refractivity contribution is 9.09. The van der Waals surface area contributed by atoms with E-state index in [1.165, 1.54) is 0 Å². The summed E-state index contributed by atoms with van der Waals surface area (Å²) >= 11 is 5.21. The average molecular weight is 446 g/mol. The maximum Gasteiger partial charge on any atom is 0.331 e. The van der Waals surface area contributed by atoms with Gasteiger partial charge in [0.15, 0.2) is 6.10 Å². The smallest absolute Gasteiger partial charge is 0.331 e. The third kappa shape index (κ3) is 3.29. The van der Waals surface area contributed by atoms with Gasteiger partial charge in [0.05, 0.1) is 16.5 Å². The SMILES string of the molecule is C[C@@]1(CBr)S[C@@H]2CC(=O)N2[C@H]1C(=O)OC(c1ccccc1)c1ccccc1. The van der Waals surface area contributed by atoms with Crippen molar-refractivity contribution in [1.82, 2.24) is 4.90 Å². The summed E-state index contributed by atoms with van der Waals surface area (Å²) in [7, 11) is 0. The molecule has 0 bridgehead atoms. The Labute approximate surface area is 171 Å². The number of nitrogens with zero attached hydrogens (tertiary/aromatic N) is 1. The third-order valence-electron chi connectivity index (χ3n) is 5.14. The molecule has 2 fully saturated rings. The van der Waals surface area contributed by atoms with Crippen molar-refractivity contribution in [3.8, 4) is 0 Å². The molecule has 2 saturated heterocycles. The van der Waals surface area contributed by atoms with E-state index >= 15 is 0 Å². The van der Waals surface area contributed by atoms with Gasteiger partial charge in [0.2, 0.25) is 5.91 Å². The monoisotopic (exact) mass is 445 g/mol. The Morgan fingerprint density at radius 3 is 2.22 bits per heavy atom. The maximum absolute atomic E-state index is 13.3. The van der Waals surface area contributed by atoms with E-state index in [4.69, 9.17) is 4.74 Å². The molecule has 3 atom stereocenters. The van der Waals surface area contributed by atoms with Crippen LogP contribution in [-0.4, -0.2) is 38.3 Å². The molecule has 0 N–H and O–H groups in total. The molecule has 140 valence electrons. The highest BCUT2D eigenvalue weighted by Gasteiger charge is 2.60. The van der Waals surface area contributed by atoms with E-state index in [2.05, 4.69) is 15.9 Å². The minimum absolute atomic E-state index is 0.0232. The summed E-state index contributed by atoms with van der Waals surface area (Å²) in [5.41, 5.74) is 1.82. The number of β-lactam (4-membered cyclic amide) rings is 1. The highest BCUT2D eigenvalue weighted by atomic mass is 79.9. The fourth-order valence-corrected chi connectivity index (χ4v) is 6.02. The van der Waals surface area contributed by atoms with Gasteiger partial charge >= 0.3 is 5.97 Å². The molecule has 1 amide bonds. The lowest BCUT2D eigenvalue weighted by Gasteiger charge is -2.38. The summed E-state index contributed by atoms with van der Waals surface area (Å²) in [5.74, 6) is -0.326. The van der Waals surface area contributed by atoms with Crippen LogP contribution < -0.4 is 0 Å². The second kappa shape index (κ2) is 7.32. The molecule has 0 saturated carbocycles.